The molecule has 1 aromatic heterocycles. The van der Waals surface area contributed by atoms with Gasteiger partial charge in [-0.25, -0.2) is 13.2 Å². The molecular formula is C14H14O5S. The Morgan fingerprint density at radius 1 is 1.20 bits per heavy atom. The van der Waals surface area contributed by atoms with Gasteiger partial charge in [0.05, 0.1) is 4.90 Å². The van der Waals surface area contributed by atoms with Crippen molar-refractivity contribution in [3.63, 3.8) is 0 Å². The summed E-state index contributed by atoms with van der Waals surface area (Å²) in [7, 11) is -3.55. The summed E-state index contributed by atoms with van der Waals surface area (Å²) in [6.45, 7) is 3.43. The maximum atomic E-state index is 12.2. The monoisotopic (exact) mass is 294 g/mol. The predicted octanol–water partition coefficient (Wildman–Crippen LogP) is 2.57. The van der Waals surface area contributed by atoms with Crippen LogP contribution in [-0.2, 0) is 15.6 Å². The van der Waals surface area contributed by atoms with Crippen molar-refractivity contribution in [2.45, 2.75) is 24.5 Å². The van der Waals surface area contributed by atoms with Crippen LogP contribution >= 0.6 is 0 Å². The topological polar surface area (TPSA) is 84.6 Å². The molecule has 0 bridgehead atoms. The van der Waals surface area contributed by atoms with Crippen LogP contribution in [0.4, 0.5) is 0 Å². The Bertz CT molecular complexity index is 738. The Labute approximate surface area is 116 Å². The lowest BCUT2D eigenvalue weighted by molar-refractivity contribution is 0.0659. The Hall–Kier alpha value is -2.08. The zero-order valence-corrected chi connectivity index (χ0v) is 11.9. The first-order valence-electron chi connectivity index (χ1n) is 5.91. The van der Waals surface area contributed by atoms with Gasteiger partial charge >= 0.3 is 5.97 Å². The van der Waals surface area contributed by atoms with Gasteiger partial charge in [0, 0.05) is 5.56 Å². The third kappa shape index (κ3) is 2.91. The van der Waals surface area contributed by atoms with Gasteiger partial charge in [-0.05, 0) is 32.0 Å². The summed E-state index contributed by atoms with van der Waals surface area (Å²) in [5.74, 6) is -1.66. The zero-order chi connectivity index (χ0) is 14.9. The molecular weight excluding hydrogens is 280 g/mol. The van der Waals surface area contributed by atoms with Gasteiger partial charge in [-0.1, -0.05) is 17.7 Å². The lowest BCUT2D eigenvalue weighted by atomic mass is 10.2. The van der Waals surface area contributed by atoms with E-state index in [4.69, 9.17) is 9.52 Å². The standard InChI is InChI=1S/C14H14O5S/c1-9-3-5-12(6-4-9)20(17,18)8-11-7-10(2)13(19-11)14(15)16/h3-7H,8H2,1-2H3,(H,15,16). The minimum Gasteiger partial charge on any atom is -0.475 e. The summed E-state index contributed by atoms with van der Waals surface area (Å²) in [5.41, 5.74) is 1.37. The second kappa shape index (κ2) is 5.13. The van der Waals surface area contributed by atoms with Gasteiger partial charge in [-0.2, -0.15) is 0 Å². The Morgan fingerprint density at radius 3 is 2.30 bits per heavy atom. The third-order valence-corrected chi connectivity index (χ3v) is 4.53. The average molecular weight is 294 g/mol. The van der Waals surface area contributed by atoms with Gasteiger partial charge in [0.15, 0.2) is 9.84 Å². The summed E-state index contributed by atoms with van der Waals surface area (Å²) in [5, 5.41) is 8.88. The van der Waals surface area contributed by atoms with Crippen molar-refractivity contribution < 1.29 is 22.7 Å². The number of rotatable bonds is 4. The van der Waals surface area contributed by atoms with Crippen molar-refractivity contribution >= 4 is 15.8 Å². The van der Waals surface area contributed by atoms with Crippen LogP contribution < -0.4 is 0 Å². The maximum absolute atomic E-state index is 12.2. The number of carbonyl (C=O) groups is 1. The molecule has 0 spiro atoms. The molecule has 0 aliphatic heterocycles. The molecule has 6 heteroatoms. The molecule has 2 rings (SSSR count). The number of sulfone groups is 1. The van der Waals surface area contributed by atoms with E-state index in [0.29, 0.717) is 5.56 Å². The fourth-order valence-electron chi connectivity index (χ4n) is 1.85. The van der Waals surface area contributed by atoms with Crippen LogP contribution in [-0.4, -0.2) is 19.5 Å². The van der Waals surface area contributed by atoms with Crippen molar-refractivity contribution in [2.75, 3.05) is 0 Å². The third-order valence-electron chi connectivity index (χ3n) is 2.88. The highest BCUT2D eigenvalue weighted by molar-refractivity contribution is 7.90. The largest absolute Gasteiger partial charge is 0.475 e. The van der Waals surface area contributed by atoms with Crippen LogP contribution in [0.3, 0.4) is 0 Å². The minimum absolute atomic E-state index is 0.125. The summed E-state index contributed by atoms with van der Waals surface area (Å²) in [4.78, 5) is 11.1. The first-order chi connectivity index (χ1) is 9.29. The van der Waals surface area contributed by atoms with Crippen molar-refractivity contribution in [3.8, 4) is 0 Å². The summed E-state index contributed by atoms with van der Waals surface area (Å²) < 4.78 is 29.5. The number of carboxylic acid groups (broad SMARTS) is 1. The molecule has 5 nitrogen and oxygen atoms in total. The molecule has 1 aromatic carbocycles. The molecule has 0 unspecified atom stereocenters. The van der Waals surface area contributed by atoms with E-state index in [1.54, 1.807) is 19.1 Å². The number of aryl methyl sites for hydroxylation is 2. The minimum atomic E-state index is -3.55. The van der Waals surface area contributed by atoms with Crippen LogP contribution in [0, 0.1) is 13.8 Å². The summed E-state index contributed by atoms with van der Waals surface area (Å²) >= 11 is 0. The molecule has 0 atom stereocenters. The molecule has 106 valence electrons. The van der Waals surface area contributed by atoms with E-state index >= 15 is 0 Å². The van der Waals surface area contributed by atoms with E-state index in [1.807, 2.05) is 6.92 Å². The van der Waals surface area contributed by atoms with Crippen molar-refractivity contribution in [1.29, 1.82) is 0 Å². The highest BCUT2D eigenvalue weighted by Gasteiger charge is 2.21. The molecule has 20 heavy (non-hydrogen) atoms. The van der Waals surface area contributed by atoms with E-state index < -0.39 is 15.8 Å². The molecule has 0 radical (unpaired) electrons. The van der Waals surface area contributed by atoms with Crippen molar-refractivity contribution in [1.82, 2.24) is 0 Å². The smallest absolute Gasteiger partial charge is 0.372 e. The van der Waals surface area contributed by atoms with Gasteiger partial charge in [0.1, 0.15) is 11.5 Å². The van der Waals surface area contributed by atoms with Gasteiger partial charge in [-0.3, -0.25) is 0 Å². The molecule has 0 aliphatic carbocycles. The quantitative estimate of drug-likeness (QED) is 0.936. The highest BCUT2D eigenvalue weighted by atomic mass is 32.2. The number of hydrogen-bond donors (Lipinski definition) is 1. The normalized spacial score (nSPS) is 11.5. The van der Waals surface area contributed by atoms with E-state index in [0.717, 1.165) is 5.56 Å². The van der Waals surface area contributed by atoms with Crippen LogP contribution in [0.1, 0.15) is 27.4 Å². The van der Waals surface area contributed by atoms with Gasteiger partial charge < -0.3 is 9.52 Å². The molecule has 0 aliphatic rings. The van der Waals surface area contributed by atoms with Crippen LogP contribution in [0.25, 0.3) is 0 Å². The predicted molar refractivity (Wildman–Crippen MR) is 72.5 cm³/mol. The van der Waals surface area contributed by atoms with Gasteiger partial charge in [0.2, 0.25) is 5.76 Å². The number of hydrogen-bond acceptors (Lipinski definition) is 4. The second-order valence-electron chi connectivity index (χ2n) is 4.60. The number of furan rings is 1. The first kappa shape index (κ1) is 14.3. The van der Waals surface area contributed by atoms with Crippen LogP contribution in [0.5, 0.6) is 0 Å². The van der Waals surface area contributed by atoms with E-state index in [1.165, 1.54) is 18.2 Å². The Balaban J connectivity index is 2.31. The lowest BCUT2D eigenvalue weighted by Gasteiger charge is -2.02. The highest BCUT2D eigenvalue weighted by Crippen LogP contribution is 2.21. The van der Waals surface area contributed by atoms with Gasteiger partial charge in [0.25, 0.3) is 0 Å². The molecule has 1 N–H and O–H groups in total. The SMILES string of the molecule is Cc1ccc(S(=O)(=O)Cc2cc(C)c(C(=O)O)o2)cc1. The molecule has 0 fully saturated rings. The van der Waals surface area contributed by atoms with Crippen molar-refractivity contribution in [3.05, 3.63) is 53.0 Å². The number of aromatic carboxylic acids is 1. The average Bonchev–Trinajstić information content (AvgIpc) is 2.70. The molecule has 0 saturated heterocycles. The first-order valence-corrected chi connectivity index (χ1v) is 7.57. The molecule has 2 aromatic rings. The molecule has 1 heterocycles. The number of carboxylic acids is 1. The maximum Gasteiger partial charge on any atom is 0.372 e. The van der Waals surface area contributed by atoms with E-state index in [-0.39, 0.29) is 22.2 Å². The van der Waals surface area contributed by atoms with E-state index in [2.05, 4.69) is 0 Å². The Kier molecular flexibility index (Phi) is 3.67. The van der Waals surface area contributed by atoms with Crippen LogP contribution in [0.2, 0.25) is 0 Å². The zero-order valence-electron chi connectivity index (χ0n) is 11.1. The summed E-state index contributed by atoms with van der Waals surface area (Å²) in [6.07, 6.45) is 0. The van der Waals surface area contributed by atoms with Gasteiger partial charge in [-0.15, -0.1) is 0 Å². The fourth-order valence-corrected chi connectivity index (χ4v) is 3.08. The van der Waals surface area contributed by atoms with Crippen LogP contribution in [0.15, 0.2) is 39.6 Å². The van der Waals surface area contributed by atoms with E-state index in [9.17, 15) is 13.2 Å². The Morgan fingerprint density at radius 2 is 1.80 bits per heavy atom. The fraction of sp³-hybridized carbons (Fsp3) is 0.214. The second-order valence-corrected chi connectivity index (χ2v) is 6.59. The lowest BCUT2D eigenvalue weighted by Crippen LogP contribution is -2.04. The molecule has 0 amide bonds. The number of benzene rings is 1. The summed E-state index contributed by atoms with van der Waals surface area (Å²) in [6, 6.07) is 7.91. The van der Waals surface area contributed by atoms with Crippen molar-refractivity contribution in [2.24, 2.45) is 0 Å². The molecule has 0 saturated carbocycles.